The van der Waals surface area contributed by atoms with Gasteiger partial charge in [-0.25, -0.2) is 19.2 Å². The molecule has 0 radical (unpaired) electrons. The van der Waals surface area contributed by atoms with Crippen molar-refractivity contribution in [3.8, 4) is 11.4 Å². The average Bonchev–Trinajstić information content (AvgIpc) is 2.87. The highest BCUT2D eigenvalue weighted by Gasteiger charge is 2.13. The first kappa shape index (κ1) is 25.9. The van der Waals surface area contributed by atoms with Crippen LogP contribution in [0.4, 0.5) is 0 Å². The molecular weight excluding hydrogens is 444 g/mol. The standard InChI is InChI=1S/C24H24N2O8/c1-3-21(27)31-11-5-13-33-23(29)17-7-9-25-19(15-17)20-16-18(8-10-26-20)24(30)34-14-6-12-32-22(28)4-2/h3-4,7-10,15-16H,1-2,5-6,11-14H2. The van der Waals surface area contributed by atoms with Crippen LogP contribution in [-0.4, -0.2) is 60.3 Å². The van der Waals surface area contributed by atoms with E-state index in [2.05, 4.69) is 23.1 Å². The Morgan fingerprint density at radius 1 is 0.676 bits per heavy atom. The summed E-state index contributed by atoms with van der Waals surface area (Å²) in [5, 5.41) is 0. The van der Waals surface area contributed by atoms with Gasteiger partial charge in [0, 0.05) is 37.4 Å². The number of nitrogens with zero attached hydrogens (tertiary/aromatic N) is 2. The van der Waals surface area contributed by atoms with Gasteiger partial charge in [0.2, 0.25) is 0 Å². The Labute approximate surface area is 196 Å². The molecule has 178 valence electrons. The van der Waals surface area contributed by atoms with Gasteiger partial charge in [0.05, 0.1) is 48.9 Å². The number of hydrogen-bond donors (Lipinski definition) is 0. The number of pyridine rings is 2. The lowest BCUT2D eigenvalue weighted by atomic mass is 10.1. The Hall–Kier alpha value is -4.34. The van der Waals surface area contributed by atoms with E-state index < -0.39 is 23.9 Å². The summed E-state index contributed by atoms with van der Waals surface area (Å²) in [6.45, 7) is 6.91. The second-order valence-corrected chi connectivity index (χ2v) is 6.58. The molecule has 0 N–H and O–H groups in total. The van der Waals surface area contributed by atoms with E-state index in [4.69, 9.17) is 18.9 Å². The average molecular weight is 468 g/mol. The number of ether oxygens (including phenoxy) is 4. The summed E-state index contributed by atoms with van der Waals surface area (Å²) >= 11 is 0. The molecule has 2 rings (SSSR count). The molecule has 0 aliphatic carbocycles. The Morgan fingerprint density at radius 3 is 1.44 bits per heavy atom. The number of esters is 4. The van der Waals surface area contributed by atoms with Crippen molar-refractivity contribution in [3.63, 3.8) is 0 Å². The van der Waals surface area contributed by atoms with Crippen molar-refractivity contribution in [1.29, 1.82) is 0 Å². The summed E-state index contributed by atoms with van der Waals surface area (Å²) in [4.78, 5) is 54.9. The summed E-state index contributed by atoms with van der Waals surface area (Å²) in [5.74, 6) is -2.24. The highest BCUT2D eigenvalue weighted by molar-refractivity contribution is 5.92. The van der Waals surface area contributed by atoms with Crippen LogP contribution >= 0.6 is 0 Å². The number of carbonyl (C=O) groups is 4. The lowest BCUT2D eigenvalue weighted by Crippen LogP contribution is -2.11. The van der Waals surface area contributed by atoms with Crippen LogP contribution in [0.1, 0.15) is 33.6 Å². The van der Waals surface area contributed by atoms with Crippen LogP contribution in [0.15, 0.2) is 62.0 Å². The summed E-state index contributed by atoms with van der Waals surface area (Å²) < 4.78 is 20.0. The van der Waals surface area contributed by atoms with Crippen LogP contribution in [-0.2, 0) is 28.5 Å². The van der Waals surface area contributed by atoms with Crippen LogP contribution in [0.5, 0.6) is 0 Å². The maximum absolute atomic E-state index is 12.3. The number of hydrogen-bond acceptors (Lipinski definition) is 10. The third kappa shape index (κ3) is 8.65. The predicted molar refractivity (Wildman–Crippen MR) is 120 cm³/mol. The molecule has 34 heavy (non-hydrogen) atoms. The van der Waals surface area contributed by atoms with Gasteiger partial charge >= 0.3 is 23.9 Å². The van der Waals surface area contributed by atoms with Crippen LogP contribution < -0.4 is 0 Å². The van der Waals surface area contributed by atoms with Crippen LogP contribution in [0.2, 0.25) is 0 Å². The summed E-state index contributed by atoms with van der Waals surface area (Å²) in [6, 6.07) is 5.96. The minimum atomic E-state index is -0.577. The van der Waals surface area contributed by atoms with E-state index in [0.29, 0.717) is 24.2 Å². The topological polar surface area (TPSA) is 131 Å². The zero-order valence-electron chi connectivity index (χ0n) is 18.4. The summed E-state index contributed by atoms with van der Waals surface area (Å²) in [5.41, 5.74) is 1.22. The molecule has 0 atom stereocenters. The Morgan fingerprint density at radius 2 is 1.06 bits per heavy atom. The molecule has 2 aromatic heterocycles. The van der Waals surface area contributed by atoms with Gasteiger partial charge in [0.1, 0.15) is 0 Å². The highest BCUT2D eigenvalue weighted by atomic mass is 16.6. The molecule has 0 aliphatic rings. The minimum absolute atomic E-state index is 0.0628. The monoisotopic (exact) mass is 468 g/mol. The van der Waals surface area contributed by atoms with Crippen molar-refractivity contribution < 1.29 is 38.1 Å². The fraction of sp³-hybridized carbons (Fsp3) is 0.250. The van der Waals surface area contributed by atoms with Crippen molar-refractivity contribution >= 4 is 23.9 Å². The zero-order chi connectivity index (χ0) is 24.8. The molecule has 10 heteroatoms. The van der Waals surface area contributed by atoms with Gasteiger partial charge in [-0.2, -0.15) is 0 Å². The van der Waals surface area contributed by atoms with Crippen molar-refractivity contribution in [2.45, 2.75) is 12.8 Å². The van der Waals surface area contributed by atoms with E-state index in [1.165, 1.54) is 36.7 Å². The maximum atomic E-state index is 12.3. The third-order valence-corrected chi connectivity index (χ3v) is 4.12. The minimum Gasteiger partial charge on any atom is -0.462 e. The molecule has 0 spiro atoms. The van der Waals surface area contributed by atoms with E-state index in [9.17, 15) is 19.2 Å². The smallest absolute Gasteiger partial charge is 0.338 e. The second kappa shape index (κ2) is 13.9. The molecule has 2 aromatic rings. The van der Waals surface area contributed by atoms with Gasteiger partial charge in [0.25, 0.3) is 0 Å². The Balaban J connectivity index is 1.91. The molecule has 0 aromatic carbocycles. The maximum Gasteiger partial charge on any atom is 0.338 e. The van der Waals surface area contributed by atoms with Gasteiger partial charge in [-0.15, -0.1) is 0 Å². The first-order valence-electron chi connectivity index (χ1n) is 10.3. The molecule has 0 saturated carbocycles. The number of aromatic nitrogens is 2. The van der Waals surface area contributed by atoms with Gasteiger partial charge in [0.15, 0.2) is 0 Å². The first-order chi connectivity index (χ1) is 16.4. The third-order valence-electron chi connectivity index (χ3n) is 4.12. The summed E-state index contributed by atoms with van der Waals surface area (Å²) in [7, 11) is 0. The highest BCUT2D eigenvalue weighted by Crippen LogP contribution is 2.18. The van der Waals surface area contributed by atoms with Gasteiger partial charge in [-0.3, -0.25) is 9.97 Å². The van der Waals surface area contributed by atoms with Crippen molar-refractivity contribution in [1.82, 2.24) is 9.97 Å². The predicted octanol–water partition coefficient (Wildman–Crippen LogP) is 2.70. The second-order valence-electron chi connectivity index (χ2n) is 6.58. The molecule has 0 saturated heterocycles. The van der Waals surface area contributed by atoms with Gasteiger partial charge in [-0.1, -0.05) is 13.2 Å². The molecule has 0 unspecified atom stereocenters. The molecule has 10 nitrogen and oxygen atoms in total. The van der Waals surface area contributed by atoms with E-state index in [-0.39, 0.29) is 37.6 Å². The van der Waals surface area contributed by atoms with Gasteiger partial charge < -0.3 is 18.9 Å². The number of carbonyl (C=O) groups excluding carboxylic acids is 4. The van der Waals surface area contributed by atoms with E-state index in [0.717, 1.165) is 12.2 Å². The Bertz CT molecular complexity index is 967. The van der Waals surface area contributed by atoms with E-state index in [1.54, 1.807) is 0 Å². The van der Waals surface area contributed by atoms with Crippen LogP contribution in [0.25, 0.3) is 11.4 Å². The SMILES string of the molecule is C=CC(=O)OCCCOC(=O)c1ccnc(-c2cc(C(=O)OCCCOC(=O)C=C)ccn2)c1. The Kier molecular flexibility index (Phi) is 10.6. The number of rotatable bonds is 13. The fourth-order valence-electron chi connectivity index (χ4n) is 2.47. The first-order valence-corrected chi connectivity index (χ1v) is 10.3. The fourth-order valence-corrected chi connectivity index (χ4v) is 2.47. The quantitative estimate of drug-likeness (QED) is 0.187. The lowest BCUT2D eigenvalue weighted by Gasteiger charge is -2.08. The largest absolute Gasteiger partial charge is 0.462 e. The van der Waals surface area contributed by atoms with Crippen LogP contribution in [0.3, 0.4) is 0 Å². The zero-order valence-corrected chi connectivity index (χ0v) is 18.4. The van der Waals surface area contributed by atoms with Gasteiger partial charge in [-0.05, 0) is 24.3 Å². The molecular formula is C24H24N2O8. The van der Waals surface area contributed by atoms with Crippen LogP contribution in [0, 0.1) is 0 Å². The van der Waals surface area contributed by atoms with E-state index in [1.807, 2.05) is 0 Å². The molecule has 0 aliphatic heterocycles. The summed E-state index contributed by atoms with van der Waals surface area (Å²) in [6.07, 6.45) is 5.63. The van der Waals surface area contributed by atoms with Crippen molar-refractivity contribution in [3.05, 3.63) is 73.1 Å². The van der Waals surface area contributed by atoms with Crippen molar-refractivity contribution in [2.24, 2.45) is 0 Å². The molecule has 0 bridgehead atoms. The molecule has 0 amide bonds. The lowest BCUT2D eigenvalue weighted by molar-refractivity contribution is -0.138. The molecule has 2 heterocycles. The van der Waals surface area contributed by atoms with Crippen molar-refractivity contribution in [2.75, 3.05) is 26.4 Å². The van der Waals surface area contributed by atoms with E-state index >= 15 is 0 Å². The molecule has 0 fully saturated rings. The normalized spacial score (nSPS) is 10.0.